The van der Waals surface area contributed by atoms with Crippen molar-refractivity contribution in [3.8, 4) is 5.69 Å². The highest BCUT2D eigenvalue weighted by Gasteiger charge is 2.12. The normalized spacial score (nSPS) is 10.5. The van der Waals surface area contributed by atoms with Gasteiger partial charge in [-0.2, -0.15) is 15.4 Å². The van der Waals surface area contributed by atoms with Crippen LogP contribution in [-0.4, -0.2) is 30.9 Å². The van der Waals surface area contributed by atoms with E-state index in [-0.39, 0.29) is 5.91 Å². The Hall–Kier alpha value is -2.96. The molecule has 0 aliphatic rings. The van der Waals surface area contributed by atoms with Gasteiger partial charge in [0.1, 0.15) is 0 Å². The van der Waals surface area contributed by atoms with Crippen LogP contribution in [0.5, 0.6) is 0 Å². The maximum atomic E-state index is 11.9. The van der Waals surface area contributed by atoms with Gasteiger partial charge < -0.3 is 9.88 Å². The van der Waals surface area contributed by atoms with Crippen LogP contribution in [-0.2, 0) is 6.54 Å². The summed E-state index contributed by atoms with van der Waals surface area (Å²) in [6.45, 7) is 2.17. The molecule has 21 heavy (non-hydrogen) atoms. The van der Waals surface area contributed by atoms with Crippen molar-refractivity contribution in [2.75, 3.05) is 0 Å². The number of aryl methyl sites for hydroxylation is 1. The van der Waals surface area contributed by atoms with Gasteiger partial charge in [0.05, 0.1) is 12.0 Å². The molecule has 2 heterocycles. The lowest BCUT2D eigenvalue weighted by Gasteiger charge is -2.06. The number of aromatic amines is 1. The molecule has 1 aromatic carbocycles. The molecule has 0 bridgehead atoms. The molecular formula is C14H14N6O. The lowest BCUT2D eigenvalue weighted by molar-refractivity contribution is 0.0945. The highest BCUT2D eigenvalue weighted by Crippen LogP contribution is 2.09. The first-order valence-corrected chi connectivity index (χ1v) is 6.47. The van der Waals surface area contributed by atoms with E-state index in [0.717, 1.165) is 11.3 Å². The molecule has 0 saturated carbocycles. The smallest absolute Gasteiger partial charge is 0.274 e. The monoisotopic (exact) mass is 282 g/mol. The number of carbonyl (C=O) groups is 1. The fourth-order valence-electron chi connectivity index (χ4n) is 1.96. The SMILES string of the molecule is Cc1n[nH]nc1C(=O)NCc1ccc(-n2ccnc2)cc1. The fourth-order valence-corrected chi connectivity index (χ4v) is 1.96. The van der Waals surface area contributed by atoms with Crippen LogP contribution in [0, 0.1) is 6.92 Å². The van der Waals surface area contributed by atoms with E-state index in [0.29, 0.717) is 17.9 Å². The molecule has 106 valence electrons. The van der Waals surface area contributed by atoms with Crippen molar-refractivity contribution in [1.82, 2.24) is 30.3 Å². The van der Waals surface area contributed by atoms with E-state index in [4.69, 9.17) is 0 Å². The number of nitrogens with zero attached hydrogens (tertiary/aromatic N) is 4. The Bertz CT molecular complexity index is 729. The van der Waals surface area contributed by atoms with Crippen LogP contribution in [0.3, 0.4) is 0 Å². The lowest BCUT2D eigenvalue weighted by Crippen LogP contribution is -2.23. The van der Waals surface area contributed by atoms with Crippen LogP contribution >= 0.6 is 0 Å². The summed E-state index contributed by atoms with van der Waals surface area (Å²) >= 11 is 0. The predicted octanol–water partition coefficient (Wildman–Crippen LogP) is 1.23. The largest absolute Gasteiger partial charge is 0.347 e. The molecule has 0 aliphatic carbocycles. The van der Waals surface area contributed by atoms with Gasteiger partial charge in [0.25, 0.3) is 5.91 Å². The molecule has 0 unspecified atom stereocenters. The quantitative estimate of drug-likeness (QED) is 0.753. The molecule has 3 aromatic rings. The predicted molar refractivity (Wildman–Crippen MR) is 75.9 cm³/mol. The first-order valence-electron chi connectivity index (χ1n) is 6.47. The maximum absolute atomic E-state index is 11.9. The molecule has 2 N–H and O–H groups in total. The number of amides is 1. The van der Waals surface area contributed by atoms with E-state index in [9.17, 15) is 4.79 Å². The van der Waals surface area contributed by atoms with Gasteiger partial charge in [-0.3, -0.25) is 4.79 Å². The molecule has 0 fully saturated rings. The highest BCUT2D eigenvalue weighted by molar-refractivity contribution is 5.93. The molecule has 0 saturated heterocycles. The number of benzene rings is 1. The van der Waals surface area contributed by atoms with Crippen molar-refractivity contribution in [2.45, 2.75) is 13.5 Å². The van der Waals surface area contributed by atoms with Crippen LogP contribution < -0.4 is 5.32 Å². The standard InChI is InChI=1S/C14H14N6O/c1-10-13(18-19-17-10)14(21)16-8-11-2-4-12(5-3-11)20-7-6-15-9-20/h2-7,9H,8H2,1H3,(H,16,21)(H,17,18,19). The molecule has 0 aliphatic heterocycles. The first kappa shape index (κ1) is 13.0. The first-order chi connectivity index (χ1) is 10.2. The van der Waals surface area contributed by atoms with Crippen LogP contribution in [0.2, 0.25) is 0 Å². The molecular weight excluding hydrogens is 268 g/mol. The molecule has 7 nitrogen and oxygen atoms in total. The van der Waals surface area contributed by atoms with Crippen molar-refractivity contribution in [3.05, 3.63) is 59.9 Å². The summed E-state index contributed by atoms with van der Waals surface area (Å²) in [5.74, 6) is -0.236. The van der Waals surface area contributed by atoms with Gasteiger partial charge in [-0.05, 0) is 24.6 Å². The van der Waals surface area contributed by atoms with Gasteiger partial charge in [-0.15, -0.1) is 0 Å². The number of H-pyrrole nitrogens is 1. The zero-order chi connectivity index (χ0) is 14.7. The van der Waals surface area contributed by atoms with Gasteiger partial charge in [-0.1, -0.05) is 12.1 Å². The third-order valence-corrected chi connectivity index (χ3v) is 3.13. The summed E-state index contributed by atoms with van der Waals surface area (Å²) < 4.78 is 1.92. The van der Waals surface area contributed by atoms with Gasteiger partial charge in [0.2, 0.25) is 0 Å². The van der Waals surface area contributed by atoms with Crippen molar-refractivity contribution >= 4 is 5.91 Å². The van der Waals surface area contributed by atoms with Crippen LogP contribution in [0.25, 0.3) is 5.69 Å². The molecule has 3 rings (SSSR count). The van der Waals surface area contributed by atoms with Crippen LogP contribution in [0.1, 0.15) is 21.7 Å². The van der Waals surface area contributed by atoms with Crippen molar-refractivity contribution < 1.29 is 4.79 Å². The number of rotatable bonds is 4. The third kappa shape index (κ3) is 2.81. The Morgan fingerprint density at radius 3 is 2.71 bits per heavy atom. The summed E-state index contributed by atoms with van der Waals surface area (Å²) in [5.41, 5.74) is 2.94. The minimum Gasteiger partial charge on any atom is -0.347 e. The Morgan fingerprint density at radius 2 is 2.10 bits per heavy atom. The van der Waals surface area contributed by atoms with E-state index in [1.54, 1.807) is 19.4 Å². The lowest BCUT2D eigenvalue weighted by atomic mass is 10.2. The van der Waals surface area contributed by atoms with E-state index >= 15 is 0 Å². The summed E-state index contributed by atoms with van der Waals surface area (Å²) in [6.07, 6.45) is 5.35. The molecule has 0 atom stereocenters. The molecule has 7 heteroatoms. The number of hydrogen-bond acceptors (Lipinski definition) is 4. The number of hydrogen-bond donors (Lipinski definition) is 2. The summed E-state index contributed by atoms with van der Waals surface area (Å²) in [7, 11) is 0. The summed E-state index contributed by atoms with van der Waals surface area (Å²) in [4.78, 5) is 15.9. The maximum Gasteiger partial charge on any atom is 0.274 e. The number of imidazole rings is 1. The fraction of sp³-hybridized carbons (Fsp3) is 0.143. The Balaban J connectivity index is 1.64. The van der Waals surface area contributed by atoms with Crippen LogP contribution in [0.15, 0.2) is 43.0 Å². The number of carbonyl (C=O) groups excluding carboxylic acids is 1. The summed E-state index contributed by atoms with van der Waals surface area (Å²) in [5, 5.41) is 12.9. The second-order valence-corrected chi connectivity index (χ2v) is 4.58. The Morgan fingerprint density at radius 1 is 1.29 bits per heavy atom. The minimum absolute atomic E-state index is 0.236. The highest BCUT2D eigenvalue weighted by atomic mass is 16.2. The molecule has 0 radical (unpaired) electrons. The Labute approximate surface area is 121 Å². The van der Waals surface area contributed by atoms with Crippen molar-refractivity contribution in [1.29, 1.82) is 0 Å². The molecule has 2 aromatic heterocycles. The second-order valence-electron chi connectivity index (χ2n) is 4.58. The topological polar surface area (TPSA) is 88.5 Å². The van der Waals surface area contributed by atoms with Crippen molar-refractivity contribution in [2.24, 2.45) is 0 Å². The zero-order valence-corrected chi connectivity index (χ0v) is 11.4. The van der Waals surface area contributed by atoms with E-state index < -0.39 is 0 Å². The molecule has 0 spiro atoms. The van der Waals surface area contributed by atoms with E-state index in [2.05, 4.69) is 25.7 Å². The van der Waals surface area contributed by atoms with Gasteiger partial charge >= 0.3 is 0 Å². The average Bonchev–Trinajstić information content (AvgIpc) is 3.16. The van der Waals surface area contributed by atoms with Gasteiger partial charge in [-0.25, -0.2) is 4.98 Å². The number of aromatic nitrogens is 5. The number of nitrogens with one attached hydrogen (secondary N) is 2. The second kappa shape index (κ2) is 5.58. The average molecular weight is 282 g/mol. The third-order valence-electron chi connectivity index (χ3n) is 3.13. The van der Waals surface area contributed by atoms with Crippen LogP contribution in [0.4, 0.5) is 0 Å². The zero-order valence-electron chi connectivity index (χ0n) is 11.4. The minimum atomic E-state index is -0.236. The van der Waals surface area contributed by atoms with E-state index in [1.165, 1.54) is 0 Å². The Kier molecular flexibility index (Phi) is 3.46. The van der Waals surface area contributed by atoms with Gasteiger partial charge in [0, 0.05) is 24.6 Å². The van der Waals surface area contributed by atoms with Crippen molar-refractivity contribution in [3.63, 3.8) is 0 Å². The molecule has 1 amide bonds. The van der Waals surface area contributed by atoms with Gasteiger partial charge in [0.15, 0.2) is 5.69 Å². The summed E-state index contributed by atoms with van der Waals surface area (Å²) in [6, 6.07) is 7.88. The van der Waals surface area contributed by atoms with E-state index in [1.807, 2.05) is 35.0 Å².